The molecular weight excluding hydrogens is 481 g/mol. The topological polar surface area (TPSA) is 71.7 Å². The fourth-order valence-corrected chi connectivity index (χ4v) is 2.26. The molecule has 9 heteroatoms. The van der Waals surface area contributed by atoms with Gasteiger partial charge in [0.05, 0.1) is 18.8 Å². The second kappa shape index (κ2) is 12.5. The summed E-state index contributed by atoms with van der Waals surface area (Å²) < 4.78 is 34.9. The normalized spacial score (nSPS) is 11.5. The minimum atomic E-state index is -2.50. The minimum Gasteiger partial charge on any atom is -0.488 e. The third kappa shape index (κ3) is 8.41. The molecule has 0 saturated carbocycles. The standard InChI is InChI=1S/C19H26F2N4O2.HI/c1-4-22-19(24-11-16-9-17(13(2)3)25-27-16)23-10-14-6-5-7-15(8-14)26-12-18(20)21;/h5-9,13,18H,4,10-12H2,1-3H3,(H2,22,23,24);1H. The first-order valence-corrected chi connectivity index (χ1v) is 8.95. The van der Waals surface area contributed by atoms with Crippen molar-refractivity contribution in [2.24, 2.45) is 4.99 Å². The SMILES string of the molecule is CCNC(=NCc1cccc(OCC(F)F)c1)NCc1cc(C(C)C)no1.I. The van der Waals surface area contributed by atoms with E-state index in [-0.39, 0.29) is 24.0 Å². The lowest BCUT2D eigenvalue weighted by Crippen LogP contribution is -2.36. The number of guanidine groups is 1. The van der Waals surface area contributed by atoms with Crippen LogP contribution >= 0.6 is 24.0 Å². The molecule has 1 heterocycles. The summed E-state index contributed by atoms with van der Waals surface area (Å²) in [5, 5.41) is 10.4. The Morgan fingerprint density at radius 3 is 2.68 bits per heavy atom. The Morgan fingerprint density at radius 2 is 2.04 bits per heavy atom. The van der Waals surface area contributed by atoms with E-state index in [1.165, 1.54) is 0 Å². The van der Waals surface area contributed by atoms with E-state index in [0.717, 1.165) is 17.0 Å². The number of hydrogen-bond donors (Lipinski definition) is 2. The Hall–Kier alpha value is -1.91. The van der Waals surface area contributed by atoms with Crippen molar-refractivity contribution in [1.82, 2.24) is 15.8 Å². The zero-order valence-corrected chi connectivity index (χ0v) is 18.6. The Morgan fingerprint density at radius 1 is 1.25 bits per heavy atom. The van der Waals surface area contributed by atoms with Gasteiger partial charge in [0.25, 0.3) is 6.43 Å². The molecule has 2 N–H and O–H groups in total. The van der Waals surface area contributed by atoms with Gasteiger partial charge in [-0.2, -0.15) is 0 Å². The monoisotopic (exact) mass is 508 g/mol. The smallest absolute Gasteiger partial charge is 0.272 e. The second-order valence-electron chi connectivity index (χ2n) is 6.27. The molecular formula is C19H27F2IN4O2. The van der Waals surface area contributed by atoms with E-state index in [4.69, 9.17) is 9.26 Å². The lowest BCUT2D eigenvalue weighted by atomic mass is 10.1. The fourth-order valence-electron chi connectivity index (χ4n) is 2.26. The third-order valence-electron chi connectivity index (χ3n) is 3.64. The molecule has 2 aromatic rings. The highest BCUT2D eigenvalue weighted by molar-refractivity contribution is 14.0. The van der Waals surface area contributed by atoms with E-state index in [9.17, 15) is 8.78 Å². The van der Waals surface area contributed by atoms with Crippen LogP contribution < -0.4 is 15.4 Å². The average molecular weight is 508 g/mol. The fraction of sp³-hybridized carbons (Fsp3) is 0.474. The van der Waals surface area contributed by atoms with E-state index in [1.807, 2.05) is 19.1 Å². The molecule has 0 bridgehead atoms. The van der Waals surface area contributed by atoms with Crippen LogP contribution in [0.2, 0.25) is 0 Å². The maximum atomic E-state index is 12.3. The van der Waals surface area contributed by atoms with Crippen LogP contribution in [-0.4, -0.2) is 30.7 Å². The zero-order valence-electron chi connectivity index (χ0n) is 16.2. The number of hydrogen-bond acceptors (Lipinski definition) is 4. The number of nitrogens with zero attached hydrogens (tertiary/aromatic N) is 2. The Labute approximate surface area is 181 Å². The predicted octanol–water partition coefficient (Wildman–Crippen LogP) is 4.32. The van der Waals surface area contributed by atoms with E-state index >= 15 is 0 Å². The van der Waals surface area contributed by atoms with Crippen molar-refractivity contribution >= 4 is 29.9 Å². The molecule has 0 amide bonds. The van der Waals surface area contributed by atoms with Gasteiger partial charge in [-0.25, -0.2) is 13.8 Å². The highest BCUT2D eigenvalue weighted by Gasteiger charge is 2.08. The van der Waals surface area contributed by atoms with Crippen LogP contribution in [0, 0.1) is 0 Å². The summed E-state index contributed by atoms with van der Waals surface area (Å²) in [6, 6.07) is 8.91. The van der Waals surface area contributed by atoms with Gasteiger partial charge < -0.3 is 19.9 Å². The maximum absolute atomic E-state index is 12.3. The number of rotatable bonds is 9. The van der Waals surface area contributed by atoms with Crippen molar-refractivity contribution in [3.05, 3.63) is 47.3 Å². The van der Waals surface area contributed by atoms with Crippen molar-refractivity contribution in [1.29, 1.82) is 0 Å². The van der Waals surface area contributed by atoms with Gasteiger partial charge in [0.15, 0.2) is 11.7 Å². The summed E-state index contributed by atoms with van der Waals surface area (Å²) in [4.78, 5) is 4.51. The molecule has 0 spiro atoms. The summed E-state index contributed by atoms with van der Waals surface area (Å²) in [5.74, 6) is 2.07. The number of benzene rings is 1. The molecule has 0 radical (unpaired) electrons. The number of halogens is 3. The average Bonchev–Trinajstić information content (AvgIpc) is 3.12. The van der Waals surface area contributed by atoms with E-state index < -0.39 is 13.0 Å². The van der Waals surface area contributed by atoms with Crippen LogP contribution in [0.15, 0.2) is 39.8 Å². The van der Waals surface area contributed by atoms with E-state index in [2.05, 4.69) is 34.6 Å². The van der Waals surface area contributed by atoms with Gasteiger partial charge >= 0.3 is 0 Å². The molecule has 0 aliphatic rings. The lowest BCUT2D eigenvalue weighted by molar-refractivity contribution is 0.0818. The van der Waals surface area contributed by atoms with Crippen molar-refractivity contribution < 1.29 is 18.0 Å². The first-order valence-electron chi connectivity index (χ1n) is 8.95. The molecule has 1 aromatic heterocycles. The van der Waals surface area contributed by atoms with Crippen LogP contribution in [0.3, 0.4) is 0 Å². The Kier molecular flexibility index (Phi) is 10.8. The van der Waals surface area contributed by atoms with Crippen molar-refractivity contribution in [2.75, 3.05) is 13.2 Å². The van der Waals surface area contributed by atoms with Crippen molar-refractivity contribution in [3.63, 3.8) is 0 Å². The third-order valence-corrected chi connectivity index (χ3v) is 3.64. The zero-order chi connectivity index (χ0) is 19.6. The number of aliphatic imine (C=N–C) groups is 1. The number of ether oxygens (including phenoxy) is 1. The summed E-state index contributed by atoms with van der Waals surface area (Å²) >= 11 is 0. The number of aromatic nitrogens is 1. The maximum Gasteiger partial charge on any atom is 0.272 e. The van der Waals surface area contributed by atoms with Crippen molar-refractivity contribution in [2.45, 2.75) is 46.2 Å². The summed E-state index contributed by atoms with van der Waals surface area (Å²) in [7, 11) is 0. The first-order chi connectivity index (χ1) is 13.0. The van der Waals surface area contributed by atoms with Gasteiger partial charge in [0, 0.05) is 12.6 Å². The van der Waals surface area contributed by atoms with Gasteiger partial charge in [-0.1, -0.05) is 31.1 Å². The quantitative estimate of drug-likeness (QED) is 0.300. The highest BCUT2D eigenvalue weighted by atomic mass is 127. The van der Waals surface area contributed by atoms with Gasteiger partial charge in [0.1, 0.15) is 12.4 Å². The molecule has 1 aromatic carbocycles. The summed E-state index contributed by atoms with van der Waals surface area (Å²) in [6.45, 7) is 7.02. The Balaban J connectivity index is 0.00000392. The highest BCUT2D eigenvalue weighted by Crippen LogP contribution is 2.15. The van der Waals surface area contributed by atoms with E-state index in [1.54, 1.807) is 18.2 Å². The van der Waals surface area contributed by atoms with Gasteiger partial charge in [-0.15, -0.1) is 24.0 Å². The summed E-state index contributed by atoms with van der Waals surface area (Å²) in [5.41, 5.74) is 1.77. The second-order valence-corrected chi connectivity index (χ2v) is 6.27. The molecule has 0 saturated heterocycles. The largest absolute Gasteiger partial charge is 0.488 e. The molecule has 6 nitrogen and oxygen atoms in total. The van der Waals surface area contributed by atoms with Gasteiger partial charge in [-0.05, 0) is 30.5 Å². The molecule has 0 unspecified atom stereocenters. The molecule has 156 valence electrons. The van der Waals surface area contributed by atoms with Crippen LogP contribution in [0.25, 0.3) is 0 Å². The minimum absolute atomic E-state index is 0. The molecule has 0 fully saturated rings. The van der Waals surface area contributed by atoms with Gasteiger partial charge in [0.2, 0.25) is 0 Å². The van der Waals surface area contributed by atoms with Crippen molar-refractivity contribution in [3.8, 4) is 5.75 Å². The first kappa shape index (κ1) is 24.1. The molecule has 28 heavy (non-hydrogen) atoms. The predicted molar refractivity (Wildman–Crippen MR) is 116 cm³/mol. The lowest BCUT2D eigenvalue weighted by Gasteiger charge is -2.10. The van der Waals surface area contributed by atoms with Crippen LogP contribution in [-0.2, 0) is 13.1 Å². The summed E-state index contributed by atoms with van der Waals surface area (Å²) in [6.07, 6.45) is -2.50. The Bertz CT molecular complexity index is 738. The van der Waals surface area contributed by atoms with Crippen LogP contribution in [0.1, 0.15) is 43.7 Å². The molecule has 2 rings (SSSR count). The molecule has 0 atom stereocenters. The molecule has 0 aliphatic carbocycles. The van der Waals surface area contributed by atoms with Crippen LogP contribution in [0.4, 0.5) is 8.78 Å². The number of nitrogens with one attached hydrogen (secondary N) is 2. The van der Waals surface area contributed by atoms with Gasteiger partial charge in [-0.3, -0.25) is 0 Å². The van der Waals surface area contributed by atoms with Crippen LogP contribution in [0.5, 0.6) is 5.75 Å². The number of alkyl halides is 2. The van der Waals surface area contributed by atoms with E-state index in [0.29, 0.717) is 37.3 Å². The molecule has 0 aliphatic heterocycles.